The van der Waals surface area contributed by atoms with Crippen molar-refractivity contribution in [2.75, 3.05) is 7.11 Å². The van der Waals surface area contributed by atoms with Gasteiger partial charge in [-0.25, -0.2) is 15.0 Å². The van der Waals surface area contributed by atoms with Gasteiger partial charge in [0.15, 0.2) is 5.65 Å². The Labute approximate surface area is 163 Å². The summed E-state index contributed by atoms with van der Waals surface area (Å²) < 4.78 is 7.70. The Hall–Kier alpha value is -2.14. The minimum atomic E-state index is 0.541. The van der Waals surface area contributed by atoms with Crippen LogP contribution in [0, 0.1) is 11.8 Å². The van der Waals surface area contributed by atoms with Gasteiger partial charge in [-0.2, -0.15) is 0 Å². The van der Waals surface area contributed by atoms with Crippen LogP contribution < -0.4 is 4.74 Å². The molecule has 0 spiro atoms. The fraction of sp³-hybridized carbons (Fsp3) is 0.476. The molecule has 0 saturated heterocycles. The third-order valence-corrected chi connectivity index (χ3v) is 6.12. The molecule has 5 nitrogen and oxygen atoms in total. The van der Waals surface area contributed by atoms with Gasteiger partial charge in [-0.3, -0.25) is 0 Å². The van der Waals surface area contributed by atoms with E-state index >= 15 is 0 Å². The van der Waals surface area contributed by atoms with E-state index in [1.807, 2.05) is 18.2 Å². The molecule has 0 radical (unpaired) electrons. The predicted octanol–water partition coefficient (Wildman–Crippen LogP) is 5.08. The first-order valence-electron chi connectivity index (χ1n) is 9.77. The predicted molar refractivity (Wildman–Crippen MR) is 106 cm³/mol. The first-order chi connectivity index (χ1) is 13.2. The number of fused-ring (bicyclic) bond motifs is 1. The van der Waals surface area contributed by atoms with Crippen molar-refractivity contribution in [1.29, 1.82) is 0 Å². The minimum absolute atomic E-state index is 0.541. The largest absolute Gasteiger partial charge is 0.497 e. The van der Waals surface area contributed by atoms with Crippen molar-refractivity contribution in [3.8, 4) is 17.0 Å². The summed E-state index contributed by atoms with van der Waals surface area (Å²) in [7, 11) is 1.64. The Balaban J connectivity index is 1.70. The van der Waals surface area contributed by atoms with Crippen molar-refractivity contribution in [3.63, 3.8) is 0 Å². The van der Waals surface area contributed by atoms with Crippen LogP contribution in [0.5, 0.6) is 5.75 Å². The molecule has 0 N–H and O–H groups in total. The Morgan fingerprint density at radius 3 is 2.52 bits per heavy atom. The van der Waals surface area contributed by atoms with E-state index in [4.69, 9.17) is 21.3 Å². The first-order valence-corrected chi connectivity index (χ1v) is 10.1. The third kappa shape index (κ3) is 2.89. The molecule has 3 aromatic rings. The highest BCUT2D eigenvalue weighted by Crippen LogP contribution is 2.53. The van der Waals surface area contributed by atoms with Gasteiger partial charge in [0.2, 0.25) is 0 Å². The maximum absolute atomic E-state index is 6.53. The van der Waals surface area contributed by atoms with E-state index in [1.165, 1.54) is 25.7 Å². The summed E-state index contributed by atoms with van der Waals surface area (Å²) in [6.45, 7) is 2.17. The molecular weight excluding hydrogens is 360 g/mol. The second-order valence-electron chi connectivity index (χ2n) is 7.66. The highest BCUT2D eigenvalue weighted by atomic mass is 35.5. The van der Waals surface area contributed by atoms with E-state index in [-0.39, 0.29) is 0 Å². The van der Waals surface area contributed by atoms with Gasteiger partial charge in [-0.15, -0.1) is 0 Å². The Morgan fingerprint density at radius 2 is 1.93 bits per heavy atom. The number of aryl methyl sites for hydroxylation is 1. The third-order valence-electron chi connectivity index (χ3n) is 5.81. The van der Waals surface area contributed by atoms with E-state index in [9.17, 15) is 0 Å². The molecule has 0 aliphatic heterocycles. The van der Waals surface area contributed by atoms with Gasteiger partial charge in [0.05, 0.1) is 12.1 Å². The molecule has 0 amide bonds. The van der Waals surface area contributed by atoms with Crippen LogP contribution in [0.2, 0.25) is 5.02 Å². The molecule has 1 aromatic carbocycles. The van der Waals surface area contributed by atoms with Gasteiger partial charge < -0.3 is 9.30 Å². The average molecular weight is 383 g/mol. The molecular formula is C21H23ClN4O. The number of nitrogens with zero attached hydrogens (tertiary/aromatic N) is 4. The van der Waals surface area contributed by atoms with Crippen molar-refractivity contribution in [1.82, 2.24) is 19.5 Å². The second-order valence-corrected chi connectivity index (χ2v) is 8.06. The number of halogens is 1. The highest BCUT2D eigenvalue weighted by Gasteiger charge is 2.44. The zero-order valence-corrected chi connectivity index (χ0v) is 16.4. The summed E-state index contributed by atoms with van der Waals surface area (Å²) in [5.74, 6) is 3.41. The van der Waals surface area contributed by atoms with Crippen molar-refractivity contribution < 1.29 is 4.74 Å². The van der Waals surface area contributed by atoms with Gasteiger partial charge in [0, 0.05) is 18.0 Å². The van der Waals surface area contributed by atoms with E-state index in [0.717, 1.165) is 52.3 Å². The number of imidazole rings is 1. The van der Waals surface area contributed by atoms with E-state index in [0.29, 0.717) is 11.1 Å². The number of rotatable bonds is 6. The lowest BCUT2D eigenvalue weighted by atomic mass is 10.1. The fourth-order valence-corrected chi connectivity index (χ4v) is 4.47. The molecule has 2 heterocycles. The molecule has 0 unspecified atom stereocenters. The number of methoxy groups -OCH3 is 1. The van der Waals surface area contributed by atoms with Crippen LogP contribution in [0.4, 0.5) is 0 Å². The molecule has 6 heteroatoms. The number of benzene rings is 1. The van der Waals surface area contributed by atoms with E-state index < -0.39 is 0 Å². The van der Waals surface area contributed by atoms with Gasteiger partial charge in [-0.05, 0) is 55.7 Å². The van der Waals surface area contributed by atoms with Crippen LogP contribution in [-0.2, 0) is 6.42 Å². The molecule has 2 saturated carbocycles. The van der Waals surface area contributed by atoms with Crippen LogP contribution in [0.15, 0.2) is 24.5 Å². The Kier molecular flexibility index (Phi) is 4.08. The van der Waals surface area contributed by atoms with E-state index in [1.54, 1.807) is 13.4 Å². The van der Waals surface area contributed by atoms with Gasteiger partial charge in [0.25, 0.3) is 0 Å². The topological polar surface area (TPSA) is 52.8 Å². The fourth-order valence-electron chi connectivity index (χ4n) is 4.21. The monoisotopic (exact) mass is 382 g/mol. The van der Waals surface area contributed by atoms with Gasteiger partial charge >= 0.3 is 0 Å². The summed E-state index contributed by atoms with van der Waals surface area (Å²) in [4.78, 5) is 14.2. The normalized spacial score (nSPS) is 17.0. The van der Waals surface area contributed by atoms with E-state index in [2.05, 4.69) is 21.5 Å². The molecule has 140 valence electrons. The minimum Gasteiger partial charge on any atom is -0.497 e. The van der Waals surface area contributed by atoms with Gasteiger partial charge in [-0.1, -0.05) is 18.5 Å². The molecule has 2 aliphatic rings. The summed E-state index contributed by atoms with van der Waals surface area (Å²) >= 11 is 6.53. The summed E-state index contributed by atoms with van der Waals surface area (Å²) in [5, 5.41) is 0.614. The molecule has 0 bridgehead atoms. The lowest BCUT2D eigenvalue weighted by Gasteiger charge is -2.20. The van der Waals surface area contributed by atoms with Crippen LogP contribution >= 0.6 is 11.6 Å². The zero-order chi connectivity index (χ0) is 18.5. The lowest BCUT2D eigenvalue weighted by Crippen LogP contribution is -2.16. The van der Waals surface area contributed by atoms with Crippen molar-refractivity contribution in [2.24, 2.45) is 11.8 Å². The Bertz CT molecular complexity index is 995. The Morgan fingerprint density at radius 1 is 1.19 bits per heavy atom. The van der Waals surface area contributed by atoms with Crippen LogP contribution in [0.25, 0.3) is 22.4 Å². The maximum Gasteiger partial charge on any atom is 0.164 e. The van der Waals surface area contributed by atoms with Crippen LogP contribution in [0.3, 0.4) is 0 Å². The van der Waals surface area contributed by atoms with Crippen molar-refractivity contribution in [3.05, 3.63) is 35.4 Å². The molecule has 2 aliphatic carbocycles. The highest BCUT2D eigenvalue weighted by molar-refractivity contribution is 6.33. The quantitative estimate of drug-likeness (QED) is 0.596. The summed E-state index contributed by atoms with van der Waals surface area (Å²) in [6.07, 6.45) is 7.84. The van der Waals surface area contributed by atoms with Crippen molar-refractivity contribution in [2.45, 2.75) is 45.1 Å². The van der Waals surface area contributed by atoms with Crippen LogP contribution in [0.1, 0.15) is 44.5 Å². The molecule has 0 atom stereocenters. The number of aromatic nitrogens is 4. The number of hydrogen-bond acceptors (Lipinski definition) is 4. The summed E-state index contributed by atoms with van der Waals surface area (Å²) in [6, 6.07) is 6.22. The number of ether oxygens (including phenoxy) is 1. The first kappa shape index (κ1) is 17.0. The lowest BCUT2D eigenvalue weighted by molar-refractivity contribution is 0.391. The van der Waals surface area contributed by atoms with Crippen LogP contribution in [-0.4, -0.2) is 26.6 Å². The molecule has 27 heavy (non-hydrogen) atoms. The standard InChI is InChI=1S/C21H23ClN4O/c1-3-17-25-19-18(15-9-8-14(27-2)10-16(15)22)23-11-24-21(19)26(17)20(12-4-5-12)13-6-7-13/h8-13,20H,3-7H2,1-2H3. The smallest absolute Gasteiger partial charge is 0.164 e. The maximum atomic E-state index is 6.53. The molecule has 5 rings (SSSR count). The number of hydrogen-bond donors (Lipinski definition) is 0. The van der Waals surface area contributed by atoms with Gasteiger partial charge in [0.1, 0.15) is 29.1 Å². The average Bonchev–Trinajstić information content (AvgIpc) is 3.60. The second kappa shape index (κ2) is 6.48. The zero-order valence-electron chi connectivity index (χ0n) is 15.7. The molecule has 2 aromatic heterocycles. The van der Waals surface area contributed by atoms with Crippen molar-refractivity contribution >= 4 is 22.8 Å². The SMILES string of the molecule is CCc1nc2c(-c3ccc(OC)cc3Cl)ncnc2n1C(C1CC1)C1CC1. The summed E-state index contributed by atoms with van der Waals surface area (Å²) in [5.41, 5.74) is 3.47. The molecule has 2 fully saturated rings.